The summed E-state index contributed by atoms with van der Waals surface area (Å²) in [6, 6.07) is 13.9. The number of carbonyl (C=O) groups excluding carboxylic acids is 1. The van der Waals surface area contributed by atoms with Crippen LogP contribution in [0.15, 0.2) is 65.8 Å². The Kier molecular flexibility index (Phi) is 6.20. The number of hydrogen-bond acceptors (Lipinski definition) is 5. The summed E-state index contributed by atoms with van der Waals surface area (Å²) in [7, 11) is -3.45. The third-order valence-corrected chi connectivity index (χ3v) is 6.02. The molecule has 0 atom stereocenters. The van der Waals surface area contributed by atoms with E-state index in [0.717, 1.165) is 17.0 Å². The quantitative estimate of drug-likeness (QED) is 0.628. The maximum atomic E-state index is 12.2. The molecule has 7 nitrogen and oxygen atoms in total. The summed E-state index contributed by atoms with van der Waals surface area (Å²) in [5, 5.41) is 7.29. The van der Waals surface area contributed by atoms with Crippen molar-refractivity contribution in [1.82, 2.24) is 20.1 Å². The molecule has 8 heteroatoms. The number of amides is 1. The van der Waals surface area contributed by atoms with Crippen molar-refractivity contribution in [3.05, 3.63) is 66.6 Å². The predicted octanol–water partition coefficient (Wildman–Crippen LogP) is 2.23. The monoisotopic (exact) mass is 398 g/mol. The van der Waals surface area contributed by atoms with E-state index in [9.17, 15) is 13.2 Å². The number of rotatable bonds is 8. The van der Waals surface area contributed by atoms with Crippen molar-refractivity contribution in [2.24, 2.45) is 0 Å². The second kappa shape index (κ2) is 8.79. The molecule has 3 rings (SSSR count). The van der Waals surface area contributed by atoms with Crippen LogP contribution in [0, 0.1) is 6.92 Å². The lowest BCUT2D eigenvalue weighted by Gasteiger charge is -2.08. The molecular formula is C20H22N4O3S. The van der Waals surface area contributed by atoms with Crippen LogP contribution in [-0.4, -0.2) is 41.4 Å². The molecule has 0 aliphatic carbocycles. The number of hydrogen-bond donors (Lipinski definition) is 1. The summed E-state index contributed by atoms with van der Waals surface area (Å²) < 4.78 is 26.2. The lowest BCUT2D eigenvalue weighted by molar-refractivity contribution is -0.120. The van der Waals surface area contributed by atoms with Gasteiger partial charge in [-0.25, -0.2) is 8.42 Å². The zero-order valence-electron chi connectivity index (χ0n) is 15.6. The molecule has 0 aliphatic heterocycles. The molecule has 3 aromatic rings. The Morgan fingerprint density at radius 1 is 1.14 bits per heavy atom. The largest absolute Gasteiger partial charge is 0.354 e. The van der Waals surface area contributed by atoms with Crippen LogP contribution in [-0.2, 0) is 21.2 Å². The van der Waals surface area contributed by atoms with E-state index in [0.29, 0.717) is 13.1 Å². The van der Waals surface area contributed by atoms with Crippen molar-refractivity contribution in [2.45, 2.75) is 24.8 Å². The fourth-order valence-corrected chi connectivity index (χ4v) is 4.02. The highest BCUT2D eigenvalue weighted by atomic mass is 32.2. The first kappa shape index (κ1) is 19.8. The lowest BCUT2D eigenvalue weighted by Crippen LogP contribution is -2.29. The van der Waals surface area contributed by atoms with Crippen LogP contribution < -0.4 is 5.32 Å². The first-order valence-corrected chi connectivity index (χ1v) is 10.6. The van der Waals surface area contributed by atoms with Gasteiger partial charge in [0.2, 0.25) is 5.91 Å². The second-order valence-corrected chi connectivity index (χ2v) is 8.48. The second-order valence-electron chi connectivity index (χ2n) is 6.37. The van der Waals surface area contributed by atoms with E-state index < -0.39 is 9.84 Å². The van der Waals surface area contributed by atoms with Crippen LogP contribution in [0.1, 0.15) is 12.1 Å². The number of aromatic nitrogens is 3. The molecule has 2 heterocycles. The van der Waals surface area contributed by atoms with Crippen LogP contribution >= 0.6 is 0 Å². The number of pyridine rings is 1. The Bertz CT molecular complexity index is 1030. The van der Waals surface area contributed by atoms with Gasteiger partial charge in [-0.3, -0.25) is 14.5 Å². The molecule has 0 fully saturated rings. The highest BCUT2D eigenvalue weighted by Gasteiger charge is 2.16. The number of carbonyl (C=O) groups is 1. The van der Waals surface area contributed by atoms with Crippen molar-refractivity contribution in [1.29, 1.82) is 0 Å². The van der Waals surface area contributed by atoms with Gasteiger partial charge in [0.1, 0.15) is 0 Å². The molecule has 146 valence electrons. The molecule has 0 saturated heterocycles. The van der Waals surface area contributed by atoms with E-state index in [-0.39, 0.29) is 23.0 Å². The van der Waals surface area contributed by atoms with E-state index in [2.05, 4.69) is 15.4 Å². The van der Waals surface area contributed by atoms with Gasteiger partial charge in [0.05, 0.1) is 22.9 Å². The molecular weight excluding hydrogens is 376 g/mol. The summed E-state index contributed by atoms with van der Waals surface area (Å²) in [5.41, 5.74) is 2.73. The fourth-order valence-electron chi connectivity index (χ4n) is 2.75. The maximum absolute atomic E-state index is 12.2. The zero-order chi connectivity index (χ0) is 20.0. The minimum absolute atomic E-state index is 0.0732. The number of benzene rings is 1. The molecule has 1 aromatic carbocycles. The third-order valence-electron chi connectivity index (χ3n) is 4.28. The summed E-state index contributed by atoms with van der Waals surface area (Å²) in [4.78, 5) is 16.3. The van der Waals surface area contributed by atoms with E-state index in [1.165, 1.54) is 12.1 Å². The zero-order valence-corrected chi connectivity index (χ0v) is 16.4. The summed E-state index contributed by atoms with van der Waals surface area (Å²) in [6.45, 7) is 2.82. The summed E-state index contributed by atoms with van der Waals surface area (Å²) in [6.07, 6.45) is 3.39. The smallest absolute Gasteiger partial charge is 0.221 e. The average Bonchev–Trinajstić information content (AvgIpc) is 3.08. The molecule has 0 aliphatic rings. The molecule has 0 unspecified atom stereocenters. The number of nitrogens with one attached hydrogen (secondary N) is 1. The Morgan fingerprint density at radius 3 is 2.64 bits per heavy atom. The van der Waals surface area contributed by atoms with E-state index in [4.69, 9.17) is 0 Å². The van der Waals surface area contributed by atoms with Gasteiger partial charge < -0.3 is 5.32 Å². The molecule has 1 N–H and O–H groups in total. The molecule has 0 saturated carbocycles. The van der Waals surface area contributed by atoms with E-state index in [1.54, 1.807) is 30.6 Å². The molecule has 1 amide bonds. The average molecular weight is 398 g/mol. The predicted molar refractivity (Wildman–Crippen MR) is 106 cm³/mol. The van der Waals surface area contributed by atoms with Crippen LogP contribution in [0.25, 0.3) is 11.3 Å². The fraction of sp³-hybridized carbons (Fsp3) is 0.250. The van der Waals surface area contributed by atoms with Crippen molar-refractivity contribution >= 4 is 15.7 Å². The first-order valence-electron chi connectivity index (χ1n) is 8.95. The van der Waals surface area contributed by atoms with Crippen LogP contribution in [0.4, 0.5) is 0 Å². The van der Waals surface area contributed by atoms with Crippen LogP contribution in [0.3, 0.4) is 0 Å². The van der Waals surface area contributed by atoms with Crippen molar-refractivity contribution in [3.63, 3.8) is 0 Å². The Morgan fingerprint density at radius 2 is 1.93 bits per heavy atom. The van der Waals surface area contributed by atoms with Crippen molar-refractivity contribution in [2.75, 3.05) is 12.3 Å². The maximum Gasteiger partial charge on any atom is 0.221 e. The van der Waals surface area contributed by atoms with Gasteiger partial charge >= 0.3 is 0 Å². The number of aryl methyl sites for hydroxylation is 1. The third kappa shape index (κ3) is 5.04. The number of sulfone groups is 1. The van der Waals surface area contributed by atoms with Crippen LogP contribution in [0.2, 0.25) is 0 Å². The van der Waals surface area contributed by atoms with Gasteiger partial charge in [0.25, 0.3) is 0 Å². The highest BCUT2D eigenvalue weighted by Crippen LogP contribution is 2.17. The molecule has 0 radical (unpaired) electrons. The van der Waals surface area contributed by atoms with Gasteiger partial charge in [-0.05, 0) is 37.3 Å². The molecule has 0 bridgehead atoms. The van der Waals surface area contributed by atoms with E-state index >= 15 is 0 Å². The SMILES string of the molecule is Cc1cc(-c2cccnc2)nn1CCNC(=O)CCS(=O)(=O)c1ccccc1. The van der Waals surface area contributed by atoms with Gasteiger partial charge in [-0.1, -0.05) is 18.2 Å². The minimum Gasteiger partial charge on any atom is -0.354 e. The summed E-state index contributed by atoms with van der Waals surface area (Å²) in [5.74, 6) is -0.508. The van der Waals surface area contributed by atoms with Gasteiger partial charge in [-0.2, -0.15) is 5.10 Å². The lowest BCUT2D eigenvalue weighted by atomic mass is 10.2. The molecule has 2 aromatic heterocycles. The molecule has 28 heavy (non-hydrogen) atoms. The first-order chi connectivity index (χ1) is 13.5. The van der Waals surface area contributed by atoms with Crippen LogP contribution in [0.5, 0.6) is 0 Å². The Hall–Kier alpha value is -3.00. The standard InChI is InChI=1S/C20H22N4O3S/c1-16-14-19(17-6-5-10-21-15-17)23-24(16)12-11-22-20(25)9-13-28(26,27)18-7-3-2-4-8-18/h2-8,10,14-15H,9,11-13H2,1H3,(H,22,25). The van der Waals surface area contributed by atoms with E-state index in [1.807, 2.05) is 29.8 Å². The summed E-state index contributed by atoms with van der Waals surface area (Å²) >= 11 is 0. The van der Waals surface area contributed by atoms with Crippen molar-refractivity contribution in [3.8, 4) is 11.3 Å². The van der Waals surface area contributed by atoms with Gasteiger partial charge in [0, 0.05) is 36.6 Å². The van der Waals surface area contributed by atoms with Gasteiger partial charge in [-0.15, -0.1) is 0 Å². The molecule has 0 spiro atoms. The topological polar surface area (TPSA) is 93.9 Å². The highest BCUT2D eigenvalue weighted by molar-refractivity contribution is 7.91. The van der Waals surface area contributed by atoms with Crippen molar-refractivity contribution < 1.29 is 13.2 Å². The Labute approximate surface area is 164 Å². The minimum atomic E-state index is -3.45. The Balaban J connectivity index is 1.49. The number of nitrogens with zero attached hydrogens (tertiary/aromatic N) is 3. The van der Waals surface area contributed by atoms with Gasteiger partial charge in [0.15, 0.2) is 9.84 Å². The normalized spacial score (nSPS) is 11.3.